The quantitative estimate of drug-likeness (QED) is 0.741. The number of rotatable bonds is 1. The van der Waals surface area contributed by atoms with Gasteiger partial charge >= 0.3 is 0 Å². The predicted molar refractivity (Wildman–Crippen MR) is 66.1 cm³/mol. The van der Waals surface area contributed by atoms with Crippen LogP contribution in [0.4, 0.5) is 0 Å². The third-order valence-corrected chi connectivity index (χ3v) is 4.03. The van der Waals surface area contributed by atoms with Gasteiger partial charge in [-0.05, 0) is 49.4 Å². The van der Waals surface area contributed by atoms with Crippen molar-refractivity contribution in [2.75, 3.05) is 0 Å². The summed E-state index contributed by atoms with van der Waals surface area (Å²) in [7, 11) is 0. The molecular weight excluding hydrogens is 270 g/mol. The third-order valence-electron chi connectivity index (χ3n) is 3.33. The van der Waals surface area contributed by atoms with E-state index in [1.807, 2.05) is 6.07 Å². The monoisotopic (exact) mass is 285 g/mol. The third kappa shape index (κ3) is 2.24. The average molecular weight is 286 g/mol. The molecule has 0 atom stereocenters. The Labute approximate surface area is 103 Å². The summed E-state index contributed by atoms with van der Waals surface area (Å²) in [5, 5.41) is 19.0. The van der Waals surface area contributed by atoms with Crippen molar-refractivity contribution in [2.24, 2.45) is 5.73 Å². The first-order chi connectivity index (χ1) is 7.51. The van der Waals surface area contributed by atoms with Crippen LogP contribution in [0, 0.1) is 0 Å². The van der Waals surface area contributed by atoms with E-state index in [-0.39, 0.29) is 11.9 Å². The Hall–Kier alpha value is -0.580. The highest BCUT2D eigenvalue weighted by molar-refractivity contribution is 9.10. The molecule has 1 saturated carbocycles. The lowest BCUT2D eigenvalue weighted by Gasteiger charge is -2.36. The van der Waals surface area contributed by atoms with Crippen molar-refractivity contribution in [1.29, 1.82) is 0 Å². The van der Waals surface area contributed by atoms with E-state index in [0.717, 1.165) is 35.7 Å². The number of halogens is 1. The Kier molecular flexibility index (Phi) is 3.24. The highest BCUT2D eigenvalue weighted by Crippen LogP contribution is 2.39. The zero-order valence-electron chi connectivity index (χ0n) is 8.99. The molecule has 1 fully saturated rings. The number of nitrogens with two attached hydrogens (primary N) is 1. The fraction of sp³-hybridized carbons (Fsp3) is 0.500. The molecule has 0 spiro atoms. The summed E-state index contributed by atoms with van der Waals surface area (Å²) >= 11 is 3.46. The maximum Gasteiger partial charge on any atom is 0.116 e. The molecule has 1 aliphatic rings. The van der Waals surface area contributed by atoms with Crippen LogP contribution in [-0.2, 0) is 5.54 Å². The molecule has 0 radical (unpaired) electrons. The van der Waals surface area contributed by atoms with Crippen molar-refractivity contribution in [2.45, 2.75) is 37.3 Å². The first-order valence-electron chi connectivity index (χ1n) is 5.47. The molecule has 16 heavy (non-hydrogen) atoms. The Bertz CT molecular complexity index is 387. The molecule has 0 saturated heterocycles. The van der Waals surface area contributed by atoms with Crippen LogP contribution < -0.4 is 5.73 Å². The average Bonchev–Trinajstić information content (AvgIpc) is 2.26. The van der Waals surface area contributed by atoms with Crippen molar-refractivity contribution in [3.8, 4) is 5.75 Å². The van der Waals surface area contributed by atoms with Crippen LogP contribution in [0.2, 0.25) is 0 Å². The van der Waals surface area contributed by atoms with Gasteiger partial charge in [0.1, 0.15) is 5.75 Å². The van der Waals surface area contributed by atoms with Gasteiger partial charge < -0.3 is 15.9 Å². The minimum absolute atomic E-state index is 0.229. The lowest BCUT2D eigenvalue weighted by Crippen LogP contribution is -2.41. The standard InChI is InChI=1S/C12H16BrNO2/c13-11-2-1-9(16)7-10(11)12(14)5-3-8(15)4-6-12/h1-2,7-8,15-16H,3-6,14H2. The number of hydrogen-bond donors (Lipinski definition) is 3. The Morgan fingerprint density at radius 2 is 1.94 bits per heavy atom. The van der Waals surface area contributed by atoms with Crippen molar-refractivity contribution in [1.82, 2.24) is 0 Å². The maximum atomic E-state index is 9.51. The van der Waals surface area contributed by atoms with E-state index in [4.69, 9.17) is 5.73 Å². The first-order valence-corrected chi connectivity index (χ1v) is 6.26. The van der Waals surface area contributed by atoms with E-state index in [1.165, 1.54) is 0 Å². The van der Waals surface area contributed by atoms with Gasteiger partial charge in [0.15, 0.2) is 0 Å². The van der Waals surface area contributed by atoms with Gasteiger partial charge in [-0.2, -0.15) is 0 Å². The maximum absolute atomic E-state index is 9.51. The molecule has 0 bridgehead atoms. The molecule has 0 unspecified atom stereocenters. The molecule has 4 heteroatoms. The van der Waals surface area contributed by atoms with Crippen LogP contribution in [0.25, 0.3) is 0 Å². The summed E-state index contributed by atoms with van der Waals surface area (Å²) in [6, 6.07) is 5.15. The summed E-state index contributed by atoms with van der Waals surface area (Å²) in [4.78, 5) is 0. The number of phenols is 1. The Balaban J connectivity index is 2.32. The summed E-state index contributed by atoms with van der Waals surface area (Å²) < 4.78 is 0.921. The van der Waals surface area contributed by atoms with Crippen molar-refractivity contribution >= 4 is 15.9 Å². The largest absolute Gasteiger partial charge is 0.508 e. The molecule has 4 N–H and O–H groups in total. The van der Waals surface area contributed by atoms with Gasteiger partial charge in [-0.1, -0.05) is 15.9 Å². The second-order valence-corrected chi connectivity index (χ2v) is 5.41. The van der Waals surface area contributed by atoms with Crippen LogP contribution in [0.1, 0.15) is 31.2 Å². The van der Waals surface area contributed by atoms with Gasteiger partial charge in [0, 0.05) is 10.0 Å². The fourth-order valence-electron chi connectivity index (χ4n) is 2.28. The Morgan fingerprint density at radius 1 is 1.31 bits per heavy atom. The molecule has 2 rings (SSSR count). The summed E-state index contributed by atoms with van der Waals surface area (Å²) in [6.07, 6.45) is 2.71. The number of aliphatic hydroxyl groups is 1. The van der Waals surface area contributed by atoms with Crippen LogP contribution in [0.3, 0.4) is 0 Å². The smallest absolute Gasteiger partial charge is 0.116 e. The second kappa shape index (κ2) is 4.35. The van der Waals surface area contributed by atoms with Gasteiger partial charge in [0.25, 0.3) is 0 Å². The molecular formula is C12H16BrNO2. The van der Waals surface area contributed by atoms with E-state index in [1.54, 1.807) is 12.1 Å². The Morgan fingerprint density at radius 3 is 2.56 bits per heavy atom. The van der Waals surface area contributed by atoms with Gasteiger partial charge in [0.05, 0.1) is 6.10 Å². The fourth-order valence-corrected chi connectivity index (χ4v) is 2.92. The van der Waals surface area contributed by atoms with Crippen molar-refractivity contribution in [3.05, 3.63) is 28.2 Å². The van der Waals surface area contributed by atoms with Gasteiger partial charge in [-0.3, -0.25) is 0 Å². The minimum atomic E-state index is -0.434. The van der Waals surface area contributed by atoms with E-state index in [2.05, 4.69) is 15.9 Å². The van der Waals surface area contributed by atoms with Crippen LogP contribution in [-0.4, -0.2) is 16.3 Å². The zero-order chi connectivity index (χ0) is 11.8. The highest BCUT2D eigenvalue weighted by atomic mass is 79.9. The SMILES string of the molecule is NC1(c2cc(O)ccc2Br)CCC(O)CC1. The van der Waals surface area contributed by atoms with Crippen LogP contribution in [0.15, 0.2) is 22.7 Å². The van der Waals surface area contributed by atoms with E-state index in [9.17, 15) is 10.2 Å². The zero-order valence-corrected chi connectivity index (χ0v) is 10.6. The minimum Gasteiger partial charge on any atom is -0.508 e. The molecule has 3 nitrogen and oxygen atoms in total. The molecule has 0 heterocycles. The number of phenolic OH excluding ortho intramolecular Hbond substituents is 1. The molecule has 0 aromatic heterocycles. The summed E-state index contributed by atoms with van der Waals surface area (Å²) in [5.41, 5.74) is 6.86. The van der Waals surface area contributed by atoms with E-state index in [0.29, 0.717) is 0 Å². The van der Waals surface area contributed by atoms with Gasteiger partial charge in [-0.15, -0.1) is 0 Å². The summed E-state index contributed by atoms with van der Waals surface area (Å²) in [5.74, 6) is 0.231. The lowest BCUT2D eigenvalue weighted by atomic mass is 9.76. The van der Waals surface area contributed by atoms with E-state index < -0.39 is 5.54 Å². The normalized spacial score (nSPS) is 30.3. The predicted octanol–water partition coefficient (Wildman–Crippen LogP) is 2.24. The topological polar surface area (TPSA) is 66.5 Å². The molecule has 1 aliphatic carbocycles. The van der Waals surface area contributed by atoms with Gasteiger partial charge in [-0.25, -0.2) is 0 Å². The number of aromatic hydroxyl groups is 1. The molecule has 88 valence electrons. The second-order valence-electron chi connectivity index (χ2n) is 4.55. The lowest BCUT2D eigenvalue weighted by molar-refractivity contribution is 0.0966. The molecule has 1 aromatic rings. The van der Waals surface area contributed by atoms with Crippen LogP contribution in [0.5, 0.6) is 5.75 Å². The van der Waals surface area contributed by atoms with Crippen molar-refractivity contribution in [3.63, 3.8) is 0 Å². The molecule has 1 aromatic carbocycles. The van der Waals surface area contributed by atoms with Crippen molar-refractivity contribution < 1.29 is 10.2 Å². The number of hydrogen-bond acceptors (Lipinski definition) is 3. The molecule has 0 amide bonds. The first kappa shape index (κ1) is 11.9. The van der Waals surface area contributed by atoms with Gasteiger partial charge in [0.2, 0.25) is 0 Å². The van der Waals surface area contributed by atoms with E-state index >= 15 is 0 Å². The number of aliphatic hydroxyl groups excluding tert-OH is 1. The highest BCUT2D eigenvalue weighted by Gasteiger charge is 2.34. The summed E-state index contributed by atoms with van der Waals surface area (Å²) in [6.45, 7) is 0. The molecule has 0 aliphatic heterocycles. The number of benzene rings is 1. The van der Waals surface area contributed by atoms with Crippen LogP contribution >= 0.6 is 15.9 Å².